The maximum Gasteiger partial charge on any atom is 0.429 e. The number of alkyl halides is 3. The fraction of sp³-hybridized carbons (Fsp3) is 0.433. The van der Waals surface area contributed by atoms with Crippen LogP contribution in [-0.2, 0) is 9.53 Å². The summed E-state index contributed by atoms with van der Waals surface area (Å²) >= 11 is 6.20. The summed E-state index contributed by atoms with van der Waals surface area (Å²) in [5, 5.41) is 3.58. The molecule has 2 saturated heterocycles. The van der Waals surface area contributed by atoms with Crippen LogP contribution < -0.4 is 20.7 Å². The van der Waals surface area contributed by atoms with Gasteiger partial charge in [0.2, 0.25) is 17.9 Å². The maximum atomic E-state index is 14.5. The van der Waals surface area contributed by atoms with E-state index in [2.05, 4.69) is 15.3 Å². The molecule has 1 aromatic heterocycles. The molecule has 2 aliphatic heterocycles. The molecule has 2 aromatic carbocycles. The van der Waals surface area contributed by atoms with E-state index in [0.29, 0.717) is 54.6 Å². The van der Waals surface area contributed by atoms with E-state index >= 15 is 0 Å². The Morgan fingerprint density at radius 3 is 2.55 bits per heavy atom. The van der Waals surface area contributed by atoms with Gasteiger partial charge in [-0.05, 0) is 61.8 Å². The number of nitrogens with zero attached hydrogens (tertiary/aromatic N) is 3. The van der Waals surface area contributed by atoms with E-state index in [1.54, 1.807) is 19.1 Å². The lowest BCUT2D eigenvalue weighted by atomic mass is 9.76. The number of nitrogens with one attached hydrogen (secondary N) is 1. The molecule has 224 valence electrons. The molecule has 3 heterocycles. The van der Waals surface area contributed by atoms with Crippen molar-refractivity contribution in [2.24, 2.45) is 5.41 Å². The highest BCUT2D eigenvalue weighted by Gasteiger charge is 2.46. The summed E-state index contributed by atoms with van der Waals surface area (Å²) in [5.41, 5.74) is 7.65. The van der Waals surface area contributed by atoms with Gasteiger partial charge in [-0.2, -0.15) is 23.1 Å². The number of carbonyl (C=O) groups is 1. The molecule has 0 amide bonds. The number of carbonyl (C=O) groups excluding carboxylic acids is 1. The third-order valence-corrected chi connectivity index (χ3v) is 8.22. The molecule has 0 aliphatic carbocycles. The molecular weight excluding hydrogens is 571 g/mol. The number of piperidine rings is 1. The summed E-state index contributed by atoms with van der Waals surface area (Å²) in [6, 6.07) is 12.4. The second kappa shape index (κ2) is 12.0. The van der Waals surface area contributed by atoms with Gasteiger partial charge in [0.25, 0.3) is 0 Å². The van der Waals surface area contributed by atoms with Gasteiger partial charge >= 0.3 is 12.1 Å². The lowest BCUT2D eigenvalue weighted by Gasteiger charge is -2.39. The number of nitrogen functional groups attached to an aromatic ring is 1. The predicted octanol–water partition coefficient (Wildman–Crippen LogP) is 5.88. The standard InChI is InChI=1S/C30H33ClF3N5O3/c1-3-41-27(40)23-16-29(17-36-23)10-12-39(13-11-29)24-15-25(38-28(35)37-24)42-26(30(32,33)34)21-9-8-20(31)14-22(21)19-6-4-18(2)5-7-19/h4-9,14-15,23,26,36H,3,10-13,16-17H2,1-2H3,(H2,35,37,38)/t23-,26+/m0/s1. The highest BCUT2D eigenvalue weighted by molar-refractivity contribution is 6.30. The van der Waals surface area contributed by atoms with Crippen LogP contribution in [0.1, 0.15) is 43.4 Å². The van der Waals surface area contributed by atoms with Crippen molar-refractivity contribution in [3.8, 4) is 17.0 Å². The topological polar surface area (TPSA) is 103 Å². The van der Waals surface area contributed by atoms with Gasteiger partial charge in [0, 0.05) is 36.3 Å². The molecule has 12 heteroatoms. The van der Waals surface area contributed by atoms with Gasteiger partial charge < -0.3 is 25.4 Å². The van der Waals surface area contributed by atoms with E-state index in [9.17, 15) is 18.0 Å². The Hall–Kier alpha value is -3.57. The van der Waals surface area contributed by atoms with Gasteiger partial charge in [0.05, 0.1) is 6.61 Å². The zero-order chi connectivity index (χ0) is 30.1. The summed E-state index contributed by atoms with van der Waals surface area (Å²) in [6.07, 6.45) is -4.88. The molecule has 0 unspecified atom stereocenters. The van der Waals surface area contributed by atoms with Crippen molar-refractivity contribution in [2.75, 3.05) is 36.9 Å². The fourth-order valence-electron chi connectivity index (χ4n) is 5.74. The molecule has 2 fully saturated rings. The molecule has 0 saturated carbocycles. The minimum Gasteiger partial charge on any atom is -0.465 e. The van der Waals surface area contributed by atoms with Crippen LogP contribution in [0.5, 0.6) is 5.88 Å². The average molecular weight is 604 g/mol. The first-order valence-corrected chi connectivity index (χ1v) is 14.2. The van der Waals surface area contributed by atoms with E-state index < -0.39 is 12.3 Å². The number of hydrogen-bond acceptors (Lipinski definition) is 8. The number of anilines is 2. The third-order valence-electron chi connectivity index (χ3n) is 7.98. The Labute approximate surface area is 247 Å². The van der Waals surface area contributed by atoms with Crippen LogP contribution in [0.15, 0.2) is 48.5 Å². The molecule has 0 radical (unpaired) electrons. The minimum absolute atomic E-state index is 0.0613. The third kappa shape index (κ3) is 6.57. The first-order chi connectivity index (χ1) is 20.0. The molecule has 42 heavy (non-hydrogen) atoms. The SMILES string of the molecule is CCOC(=O)[C@@H]1CC2(CCN(c3cc(O[C@H](c4ccc(Cl)cc4-c4ccc(C)cc4)C(F)(F)F)nc(N)n3)CC2)CN1. The van der Waals surface area contributed by atoms with Crippen molar-refractivity contribution in [1.29, 1.82) is 0 Å². The second-order valence-electron chi connectivity index (χ2n) is 10.9. The van der Waals surface area contributed by atoms with Crippen LogP contribution in [0, 0.1) is 12.3 Å². The van der Waals surface area contributed by atoms with Crippen LogP contribution in [0.3, 0.4) is 0 Å². The number of halogens is 4. The predicted molar refractivity (Wildman–Crippen MR) is 154 cm³/mol. The van der Waals surface area contributed by atoms with Crippen LogP contribution in [0.25, 0.3) is 11.1 Å². The van der Waals surface area contributed by atoms with Gasteiger partial charge in [-0.15, -0.1) is 0 Å². The molecule has 8 nitrogen and oxygen atoms in total. The largest absolute Gasteiger partial charge is 0.465 e. The molecule has 3 N–H and O–H groups in total. The molecule has 1 spiro atoms. The highest BCUT2D eigenvalue weighted by atomic mass is 35.5. The molecule has 5 rings (SSSR count). The van der Waals surface area contributed by atoms with Gasteiger partial charge in [-0.3, -0.25) is 4.79 Å². The van der Waals surface area contributed by atoms with E-state index in [1.807, 2.05) is 24.0 Å². The van der Waals surface area contributed by atoms with E-state index in [1.165, 1.54) is 24.3 Å². The smallest absolute Gasteiger partial charge is 0.429 e. The first-order valence-electron chi connectivity index (χ1n) is 13.9. The normalized spacial score (nSPS) is 19.1. The van der Waals surface area contributed by atoms with E-state index in [-0.39, 0.29) is 34.8 Å². The van der Waals surface area contributed by atoms with Crippen LogP contribution in [0.2, 0.25) is 5.02 Å². The number of nitrogens with two attached hydrogens (primary N) is 1. The molecule has 0 bridgehead atoms. The quantitative estimate of drug-likeness (QED) is 0.323. The Kier molecular flexibility index (Phi) is 8.52. The van der Waals surface area contributed by atoms with Crippen LogP contribution in [0.4, 0.5) is 24.9 Å². The highest BCUT2D eigenvalue weighted by Crippen LogP contribution is 2.43. The zero-order valence-electron chi connectivity index (χ0n) is 23.4. The minimum atomic E-state index is -4.77. The number of aromatic nitrogens is 2. The zero-order valence-corrected chi connectivity index (χ0v) is 24.1. The number of esters is 1. The number of benzene rings is 2. The van der Waals surface area contributed by atoms with E-state index in [4.69, 9.17) is 26.8 Å². The molecule has 2 atom stereocenters. The summed E-state index contributed by atoms with van der Waals surface area (Å²) in [4.78, 5) is 22.4. The van der Waals surface area contributed by atoms with Gasteiger partial charge in [0.1, 0.15) is 11.9 Å². The number of aryl methyl sites for hydroxylation is 1. The Morgan fingerprint density at radius 1 is 1.17 bits per heavy atom. The van der Waals surface area contributed by atoms with Gasteiger partial charge in [-0.1, -0.05) is 47.5 Å². The van der Waals surface area contributed by atoms with Crippen molar-refractivity contribution in [1.82, 2.24) is 15.3 Å². The van der Waals surface area contributed by atoms with Crippen molar-refractivity contribution in [3.63, 3.8) is 0 Å². The monoisotopic (exact) mass is 603 g/mol. The number of hydrogen-bond donors (Lipinski definition) is 2. The second-order valence-corrected chi connectivity index (χ2v) is 11.4. The lowest BCUT2D eigenvalue weighted by molar-refractivity contribution is -0.198. The average Bonchev–Trinajstić information content (AvgIpc) is 3.35. The Morgan fingerprint density at radius 2 is 1.88 bits per heavy atom. The lowest BCUT2D eigenvalue weighted by Crippen LogP contribution is -2.41. The van der Waals surface area contributed by atoms with E-state index in [0.717, 1.165) is 18.4 Å². The Bertz CT molecular complexity index is 1430. The summed E-state index contributed by atoms with van der Waals surface area (Å²) in [6.45, 7) is 5.88. The van der Waals surface area contributed by atoms with Gasteiger partial charge in [-0.25, -0.2) is 0 Å². The van der Waals surface area contributed by atoms with Crippen molar-refractivity contribution in [3.05, 3.63) is 64.7 Å². The summed E-state index contributed by atoms with van der Waals surface area (Å²) in [5.74, 6) is -0.332. The van der Waals surface area contributed by atoms with Crippen molar-refractivity contribution in [2.45, 2.75) is 51.4 Å². The first kappa shape index (κ1) is 29.9. The summed E-state index contributed by atoms with van der Waals surface area (Å²) < 4.78 is 54.3. The van der Waals surface area contributed by atoms with Gasteiger partial charge in [0.15, 0.2) is 0 Å². The number of ether oxygens (including phenoxy) is 2. The molecule has 3 aromatic rings. The summed E-state index contributed by atoms with van der Waals surface area (Å²) in [7, 11) is 0. The maximum absolute atomic E-state index is 14.5. The van der Waals surface area contributed by atoms with Crippen LogP contribution in [-0.4, -0.2) is 54.4 Å². The fourth-order valence-corrected chi connectivity index (χ4v) is 5.91. The van der Waals surface area contributed by atoms with Crippen molar-refractivity contribution >= 4 is 29.3 Å². The van der Waals surface area contributed by atoms with Crippen molar-refractivity contribution < 1.29 is 27.4 Å². The Balaban J connectivity index is 1.37. The van der Waals surface area contributed by atoms with Crippen LogP contribution >= 0.6 is 11.6 Å². The number of rotatable bonds is 7. The molecule has 2 aliphatic rings. The molecular formula is C30H33ClF3N5O3.